The molecule has 2 aromatic carbocycles. The van der Waals surface area contributed by atoms with Crippen molar-refractivity contribution >= 4 is 16.8 Å². The molecule has 0 radical (unpaired) electrons. The topological polar surface area (TPSA) is 86.2 Å². The third-order valence-corrected chi connectivity index (χ3v) is 6.37. The van der Waals surface area contributed by atoms with Crippen LogP contribution >= 0.6 is 0 Å². The van der Waals surface area contributed by atoms with Gasteiger partial charge in [-0.3, -0.25) is 14.4 Å². The predicted octanol–water partition coefficient (Wildman–Crippen LogP) is 3.41. The summed E-state index contributed by atoms with van der Waals surface area (Å²) >= 11 is 0. The van der Waals surface area contributed by atoms with Crippen molar-refractivity contribution in [2.45, 2.75) is 39.0 Å². The van der Waals surface area contributed by atoms with Crippen LogP contribution in [0.5, 0.6) is 0 Å². The van der Waals surface area contributed by atoms with Crippen molar-refractivity contribution in [1.29, 1.82) is 0 Å². The number of hydrogen-bond acceptors (Lipinski definition) is 4. The number of carbonyl (C=O) groups is 1. The van der Waals surface area contributed by atoms with Crippen LogP contribution in [0.4, 0.5) is 0 Å². The van der Waals surface area contributed by atoms with E-state index in [1.54, 1.807) is 4.68 Å². The molecule has 3 N–H and O–H groups in total. The summed E-state index contributed by atoms with van der Waals surface area (Å²) in [5, 5.41) is 18.4. The quantitative estimate of drug-likeness (QED) is 0.409. The van der Waals surface area contributed by atoms with Gasteiger partial charge in [-0.2, -0.15) is 5.10 Å². The van der Waals surface area contributed by atoms with E-state index in [0.29, 0.717) is 18.8 Å². The monoisotopic (exact) mass is 443 g/mol. The SMILES string of the molecule is CC(NC(=O)c1nn(CCO)c2c1CN(Cc1cc3ccccc3[nH]1)CC2)c1ccccc1. The highest BCUT2D eigenvalue weighted by atomic mass is 16.3. The fourth-order valence-corrected chi connectivity index (χ4v) is 4.69. The van der Waals surface area contributed by atoms with Crippen molar-refractivity contribution < 1.29 is 9.90 Å². The van der Waals surface area contributed by atoms with Crippen LogP contribution in [0.15, 0.2) is 60.7 Å². The summed E-state index contributed by atoms with van der Waals surface area (Å²) in [6.07, 6.45) is 0.796. The molecule has 7 nitrogen and oxygen atoms in total. The summed E-state index contributed by atoms with van der Waals surface area (Å²) in [6, 6.07) is 20.3. The lowest BCUT2D eigenvalue weighted by Gasteiger charge is -2.27. The van der Waals surface area contributed by atoms with Crippen molar-refractivity contribution in [2.75, 3.05) is 13.2 Å². The minimum Gasteiger partial charge on any atom is -0.394 e. The summed E-state index contributed by atoms with van der Waals surface area (Å²) < 4.78 is 1.80. The number of aromatic nitrogens is 3. The second kappa shape index (κ2) is 9.21. The lowest BCUT2D eigenvalue weighted by molar-refractivity contribution is 0.0931. The summed E-state index contributed by atoms with van der Waals surface area (Å²) in [4.78, 5) is 19.1. The molecule has 1 aliphatic rings. The Balaban J connectivity index is 1.37. The van der Waals surface area contributed by atoms with Gasteiger partial charge < -0.3 is 15.4 Å². The van der Waals surface area contributed by atoms with Crippen LogP contribution in [0.25, 0.3) is 10.9 Å². The fourth-order valence-electron chi connectivity index (χ4n) is 4.69. The molecule has 5 rings (SSSR count). The van der Waals surface area contributed by atoms with Gasteiger partial charge in [-0.1, -0.05) is 48.5 Å². The highest BCUT2D eigenvalue weighted by Gasteiger charge is 2.29. The van der Waals surface area contributed by atoms with Crippen LogP contribution in [0, 0.1) is 0 Å². The zero-order valence-corrected chi connectivity index (χ0v) is 18.8. The van der Waals surface area contributed by atoms with Crippen molar-refractivity contribution in [2.24, 2.45) is 0 Å². The molecule has 0 spiro atoms. The van der Waals surface area contributed by atoms with Crippen LogP contribution in [-0.4, -0.2) is 43.8 Å². The molecule has 1 unspecified atom stereocenters. The van der Waals surface area contributed by atoms with Crippen molar-refractivity contribution in [3.8, 4) is 0 Å². The number of nitrogens with one attached hydrogen (secondary N) is 2. The van der Waals surface area contributed by atoms with Gasteiger partial charge in [-0.15, -0.1) is 0 Å². The van der Waals surface area contributed by atoms with E-state index < -0.39 is 0 Å². The maximum absolute atomic E-state index is 13.2. The predicted molar refractivity (Wildman–Crippen MR) is 128 cm³/mol. The van der Waals surface area contributed by atoms with E-state index in [-0.39, 0.29) is 18.6 Å². The second-order valence-corrected chi connectivity index (χ2v) is 8.67. The molecule has 4 aromatic rings. The van der Waals surface area contributed by atoms with Gasteiger partial charge in [0.2, 0.25) is 0 Å². The minimum atomic E-state index is -0.174. The molecule has 7 heteroatoms. The number of rotatable bonds is 7. The molecule has 0 saturated carbocycles. The average Bonchev–Trinajstić information content (AvgIpc) is 3.40. The Labute approximate surface area is 193 Å². The lowest BCUT2D eigenvalue weighted by atomic mass is 10.0. The molecule has 1 aliphatic heterocycles. The van der Waals surface area contributed by atoms with Crippen LogP contribution in [-0.2, 0) is 26.1 Å². The van der Waals surface area contributed by atoms with E-state index in [0.717, 1.165) is 47.5 Å². The highest BCUT2D eigenvalue weighted by molar-refractivity contribution is 5.94. The number of benzene rings is 2. The number of aliphatic hydroxyl groups is 1. The van der Waals surface area contributed by atoms with Gasteiger partial charge in [0.05, 0.1) is 19.2 Å². The maximum atomic E-state index is 13.2. The Morgan fingerprint density at radius 1 is 1.18 bits per heavy atom. The van der Waals surface area contributed by atoms with Crippen molar-refractivity contribution in [3.05, 3.63) is 88.9 Å². The van der Waals surface area contributed by atoms with Crippen molar-refractivity contribution in [1.82, 2.24) is 25.0 Å². The summed E-state index contributed by atoms with van der Waals surface area (Å²) in [6.45, 7) is 4.67. The number of nitrogens with zero attached hydrogens (tertiary/aromatic N) is 3. The average molecular weight is 444 g/mol. The maximum Gasteiger partial charge on any atom is 0.272 e. The second-order valence-electron chi connectivity index (χ2n) is 8.67. The van der Waals surface area contributed by atoms with Gasteiger partial charge in [0.15, 0.2) is 5.69 Å². The van der Waals surface area contributed by atoms with Gasteiger partial charge in [-0.25, -0.2) is 0 Å². The Bertz CT molecular complexity index is 1230. The lowest BCUT2D eigenvalue weighted by Crippen LogP contribution is -2.33. The molecule has 1 amide bonds. The van der Waals surface area contributed by atoms with E-state index >= 15 is 0 Å². The molecule has 2 aromatic heterocycles. The molecule has 1 atom stereocenters. The normalized spacial score (nSPS) is 14.8. The van der Waals surface area contributed by atoms with Gasteiger partial charge in [0.1, 0.15) is 0 Å². The Morgan fingerprint density at radius 3 is 2.76 bits per heavy atom. The number of H-pyrrole nitrogens is 1. The fraction of sp³-hybridized carbons (Fsp3) is 0.308. The first-order valence-electron chi connectivity index (χ1n) is 11.5. The molecule has 3 heterocycles. The molecule has 0 saturated heterocycles. The van der Waals surface area contributed by atoms with Gasteiger partial charge >= 0.3 is 0 Å². The Hall–Kier alpha value is -3.42. The Kier molecular flexibility index (Phi) is 5.98. The van der Waals surface area contributed by atoms with Crippen LogP contribution in [0.3, 0.4) is 0 Å². The zero-order valence-electron chi connectivity index (χ0n) is 18.8. The smallest absolute Gasteiger partial charge is 0.272 e. The first-order valence-corrected chi connectivity index (χ1v) is 11.5. The summed E-state index contributed by atoms with van der Waals surface area (Å²) in [7, 11) is 0. The van der Waals surface area contributed by atoms with E-state index in [9.17, 15) is 9.90 Å². The molecule has 0 bridgehead atoms. The number of para-hydroxylation sites is 1. The number of aliphatic hydroxyl groups excluding tert-OH is 1. The number of carbonyl (C=O) groups excluding carboxylic acids is 1. The standard InChI is InChI=1S/C26H29N5O2/c1-18(19-7-3-2-4-8-19)27-26(33)25-22-17-30(12-11-24(22)31(29-25)13-14-32)16-21-15-20-9-5-6-10-23(20)28-21/h2-10,15,18,28,32H,11-14,16-17H2,1H3,(H,27,33). The van der Waals surface area contributed by atoms with E-state index in [4.69, 9.17) is 0 Å². The number of aromatic amines is 1. The number of fused-ring (bicyclic) bond motifs is 2. The molecular weight excluding hydrogens is 414 g/mol. The summed E-state index contributed by atoms with van der Waals surface area (Å²) in [5.41, 5.74) is 5.82. The molecular formula is C26H29N5O2. The number of amides is 1. The minimum absolute atomic E-state index is 0.00558. The first kappa shape index (κ1) is 21.4. The van der Waals surface area contributed by atoms with Gasteiger partial charge in [0, 0.05) is 48.5 Å². The summed E-state index contributed by atoms with van der Waals surface area (Å²) in [5.74, 6) is -0.174. The highest BCUT2D eigenvalue weighted by Crippen LogP contribution is 2.26. The van der Waals surface area contributed by atoms with E-state index in [1.165, 1.54) is 5.39 Å². The van der Waals surface area contributed by atoms with Crippen LogP contribution in [0.2, 0.25) is 0 Å². The van der Waals surface area contributed by atoms with E-state index in [2.05, 4.69) is 38.5 Å². The third kappa shape index (κ3) is 4.42. The zero-order chi connectivity index (χ0) is 22.8. The molecule has 0 aliphatic carbocycles. The van der Waals surface area contributed by atoms with E-state index in [1.807, 2.05) is 49.4 Å². The first-order chi connectivity index (χ1) is 16.1. The Morgan fingerprint density at radius 2 is 1.97 bits per heavy atom. The molecule has 0 fully saturated rings. The van der Waals surface area contributed by atoms with Crippen LogP contribution in [0.1, 0.15) is 46.0 Å². The third-order valence-electron chi connectivity index (χ3n) is 6.37. The molecule has 170 valence electrons. The van der Waals surface area contributed by atoms with Crippen LogP contribution < -0.4 is 5.32 Å². The largest absolute Gasteiger partial charge is 0.394 e. The van der Waals surface area contributed by atoms with Crippen molar-refractivity contribution in [3.63, 3.8) is 0 Å². The van der Waals surface area contributed by atoms with Gasteiger partial charge in [-0.05, 0) is 30.0 Å². The van der Waals surface area contributed by atoms with Gasteiger partial charge in [0.25, 0.3) is 5.91 Å². The molecule has 33 heavy (non-hydrogen) atoms. The number of hydrogen-bond donors (Lipinski definition) is 3.